The van der Waals surface area contributed by atoms with E-state index in [1.165, 1.54) is 84.1 Å². The van der Waals surface area contributed by atoms with Crippen LogP contribution in [0.4, 0.5) is 5.82 Å². The second-order valence-electron chi connectivity index (χ2n) is 10.8. The zero-order valence-corrected chi connectivity index (χ0v) is 27.3. The lowest BCUT2D eigenvalue weighted by molar-refractivity contribution is -0.140. The van der Waals surface area contributed by atoms with E-state index in [1.54, 1.807) is 10.9 Å². The predicted molar refractivity (Wildman–Crippen MR) is 170 cm³/mol. The molecule has 2 aromatic rings. The molecule has 2 atom stereocenters. The van der Waals surface area contributed by atoms with E-state index >= 15 is 0 Å². The summed E-state index contributed by atoms with van der Waals surface area (Å²) >= 11 is 1.88. The van der Waals surface area contributed by atoms with Crippen molar-refractivity contribution in [2.75, 3.05) is 37.3 Å². The number of nitrogens with two attached hydrogens (primary N) is 1. The third-order valence-electron chi connectivity index (χ3n) is 7.03. The quantitative estimate of drug-likeness (QED) is 0.0647. The molecule has 0 aliphatic carbocycles. The minimum atomic E-state index is -3.81. The Labute approximate surface area is 255 Å². The highest BCUT2D eigenvalue weighted by molar-refractivity contribution is 7.99. The van der Waals surface area contributed by atoms with E-state index in [9.17, 15) is 14.3 Å². The van der Waals surface area contributed by atoms with Crippen LogP contribution in [0.5, 0.6) is 0 Å². The Kier molecular flexibility index (Phi) is 19.0. The van der Waals surface area contributed by atoms with Crippen LogP contribution in [0, 0.1) is 0 Å². The molecule has 0 bridgehead atoms. The molecular weight excluding hydrogens is 577 g/mol. The van der Waals surface area contributed by atoms with Crippen molar-refractivity contribution in [1.82, 2.24) is 19.5 Å². The van der Waals surface area contributed by atoms with Gasteiger partial charge in [0.1, 0.15) is 18.2 Å². The summed E-state index contributed by atoms with van der Waals surface area (Å²) in [5.41, 5.74) is 6.93. The number of methoxy groups -OCH3 is 1. The fourth-order valence-corrected chi connectivity index (χ4v) is 6.48. The van der Waals surface area contributed by atoms with Crippen molar-refractivity contribution in [2.24, 2.45) is 0 Å². The van der Waals surface area contributed by atoms with Gasteiger partial charge in [0.25, 0.3) is 0 Å². The smallest absolute Gasteiger partial charge is 0.353 e. The van der Waals surface area contributed by atoms with Gasteiger partial charge < -0.3 is 29.2 Å². The lowest BCUT2D eigenvalue weighted by Gasteiger charge is -2.17. The van der Waals surface area contributed by atoms with Crippen LogP contribution in [0.15, 0.2) is 12.7 Å². The summed E-state index contributed by atoms with van der Waals surface area (Å²) in [6, 6.07) is 0. The zero-order chi connectivity index (χ0) is 30.5. The summed E-state index contributed by atoms with van der Waals surface area (Å²) in [7, 11) is -2.36. The fraction of sp³-hybridized carbons (Fsp3) is 0.793. The number of nitrogen functional groups attached to an aromatic ring is 1. The van der Waals surface area contributed by atoms with E-state index < -0.39 is 7.60 Å². The minimum absolute atomic E-state index is 0.0953. The van der Waals surface area contributed by atoms with Gasteiger partial charge in [-0.1, -0.05) is 70.6 Å². The number of esters is 1. The normalized spacial score (nSPS) is 13.8. The van der Waals surface area contributed by atoms with Gasteiger partial charge in [-0.25, -0.2) is 15.0 Å². The summed E-state index contributed by atoms with van der Waals surface area (Å²) in [5.74, 6) is 2.25. The van der Waals surface area contributed by atoms with E-state index in [2.05, 4.69) is 19.7 Å². The molecule has 0 saturated carbocycles. The number of nitrogens with zero attached hydrogens (tertiary/aromatic N) is 4. The van der Waals surface area contributed by atoms with Crippen molar-refractivity contribution in [3.05, 3.63) is 12.7 Å². The van der Waals surface area contributed by atoms with Crippen LogP contribution in [0.3, 0.4) is 0 Å². The first-order valence-electron chi connectivity index (χ1n) is 15.5. The van der Waals surface area contributed by atoms with Crippen molar-refractivity contribution in [1.29, 1.82) is 0 Å². The number of aromatic nitrogens is 4. The molecule has 0 radical (unpaired) electrons. The number of hydrogen-bond acceptors (Lipinski definition) is 10. The summed E-state index contributed by atoms with van der Waals surface area (Å²) in [6.07, 6.45) is 19.9. The van der Waals surface area contributed by atoms with Crippen LogP contribution < -0.4 is 5.73 Å². The number of thioether (sulfide) groups is 1. The Bertz CT molecular complexity index is 1060. The lowest BCUT2D eigenvalue weighted by atomic mass is 10.0. The van der Waals surface area contributed by atoms with E-state index in [-0.39, 0.29) is 25.0 Å². The number of rotatable bonds is 26. The molecule has 0 spiro atoms. The molecule has 0 fully saturated rings. The van der Waals surface area contributed by atoms with Crippen LogP contribution in [0.1, 0.15) is 103 Å². The minimum Gasteiger partial charge on any atom is -0.469 e. The maximum absolute atomic E-state index is 12.3. The first-order valence-corrected chi connectivity index (χ1v) is 18.4. The first kappa shape index (κ1) is 36.5. The highest BCUT2D eigenvalue weighted by atomic mass is 32.2. The third-order valence-corrected chi connectivity index (χ3v) is 9.24. The largest absolute Gasteiger partial charge is 0.469 e. The predicted octanol–water partition coefficient (Wildman–Crippen LogP) is 6.73. The number of imidazole rings is 1. The van der Waals surface area contributed by atoms with E-state index in [1.807, 2.05) is 18.7 Å². The van der Waals surface area contributed by atoms with Crippen LogP contribution in [0.2, 0.25) is 0 Å². The molecule has 0 saturated heterocycles. The fourth-order valence-electron chi connectivity index (χ4n) is 4.61. The second-order valence-corrected chi connectivity index (χ2v) is 13.8. The Morgan fingerprint density at radius 2 is 1.55 bits per heavy atom. The molecule has 0 aliphatic heterocycles. The number of hydrogen-bond donors (Lipinski definition) is 2. The van der Waals surface area contributed by atoms with E-state index in [0.717, 1.165) is 30.8 Å². The molecule has 240 valence electrons. The molecule has 1 unspecified atom stereocenters. The van der Waals surface area contributed by atoms with Crippen molar-refractivity contribution >= 4 is 42.3 Å². The van der Waals surface area contributed by atoms with Gasteiger partial charge in [0.05, 0.1) is 32.7 Å². The van der Waals surface area contributed by atoms with Gasteiger partial charge in [0.15, 0.2) is 11.5 Å². The number of carbonyl (C=O) groups excluding carboxylic acids is 1. The van der Waals surface area contributed by atoms with Crippen LogP contribution in [-0.4, -0.2) is 68.1 Å². The standard InChI is InChI=1S/C29H52N5O6PS/c1-25(21-34-23-33-27-28(30)31-22-32-29(27)34)39-24-41(36,37)40-18-16-20-42-19-15-13-11-9-7-5-3-4-6-8-10-12-14-17-26(35)38-2/h22-23,25H,3-21,24H2,1-2H3,(H,36,37)(H2,30,31,32)/t25-/m1/s1. The Hall–Kier alpha value is -1.72. The van der Waals surface area contributed by atoms with Crippen molar-refractivity contribution in [3.8, 4) is 0 Å². The van der Waals surface area contributed by atoms with Gasteiger partial charge in [-0.3, -0.25) is 9.36 Å². The van der Waals surface area contributed by atoms with Gasteiger partial charge in [0, 0.05) is 6.42 Å². The van der Waals surface area contributed by atoms with Crippen molar-refractivity contribution in [3.63, 3.8) is 0 Å². The highest BCUT2D eigenvalue weighted by Crippen LogP contribution is 2.42. The van der Waals surface area contributed by atoms with Crippen LogP contribution in [-0.2, 0) is 29.9 Å². The zero-order valence-electron chi connectivity index (χ0n) is 25.6. The summed E-state index contributed by atoms with van der Waals surface area (Å²) < 4.78 is 29.6. The van der Waals surface area contributed by atoms with Gasteiger partial charge in [-0.05, 0) is 37.7 Å². The molecule has 42 heavy (non-hydrogen) atoms. The molecule has 0 aliphatic rings. The summed E-state index contributed by atoms with van der Waals surface area (Å²) in [5, 5.41) is 0. The molecule has 2 aromatic heterocycles. The van der Waals surface area contributed by atoms with Gasteiger partial charge in [0.2, 0.25) is 0 Å². The molecule has 13 heteroatoms. The first-order chi connectivity index (χ1) is 20.3. The topological polar surface area (TPSA) is 152 Å². The molecule has 11 nitrogen and oxygen atoms in total. The Morgan fingerprint density at radius 1 is 0.952 bits per heavy atom. The monoisotopic (exact) mass is 629 g/mol. The number of anilines is 1. The maximum Gasteiger partial charge on any atom is 0.353 e. The average molecular weight is 630 g/mol. The molecule has 2 heterocycles. The Balaban J connectivity index is 1.34. The van der Waals surface area contributed by atoms with Gasteiger partial charge in [-0.2, -0.15) is 11.8 Å². The molecule has 3 N–H and O–H groups in total. The van der Waals surface area contributed by atoms with Gasteiger partial charge in [-0.15, -0.1) is 0 Å². The van der Waals surface area contributed by atoms with Crippen molar-refractivity contribution < 1.29 is 28.3 Å². The lowest BCUT2D eigenvalue weighted by Crippen LogP contribution is -2.17. The average Bonchev–Trinajstić information content (AvgIpc) is 3.38. The SMILES string of the molecule is COC(=O)CCCCCCCCCCCCCCCSCCCOP(=O)(O)CO[C@H](C)Cn1cnc2c(N)ncnc21. The van der Waals surface area contributed by atoms with Crippen LogP contribution in [0.25, 0.3) is 11.2 Å². The third kappa shape index (κ3) is 16.2. The molecule has 2 rings (SSSR count). The van der Waals surface area contributed by atoms with Gasteiger partial charge >= 0.3 is 13.6 Å². The van der Waals surface area contributed by atoms with E-state index in [4.69, 9.17) is 15.0 Å². The highest BCUT2D eigenvalue weighted by Gasteiger charge is 2.21. The van der Waals surface area contributed by atoms with E-state index in [0.29, 0.717) is 29.9 Å². The number of fused-ring (bicyclic) bond motifs is 1. The summed E-state index contributed by atoms with van der Waals surface area (Å²) in [4.78, 5) is 33.5. The second kappa shape index (κ2) is 21.9. The Morgan fingerprint density at radius 3 is 2.19 bits per heavy atom. The molecule has 0 amide bonds. The maximum atomic E-state index is 12.3. The number of ether oxygens (including phenoxy) is 2. The number of unbranched alkanes of at least 4 members (excludes halogenated alkanes) is 12. The number of carbonyl (C=O) groups is 1. The van der Waals surface area contributed by atoms with Crippen molar-refractivity contribution in [2.45, 2.75) is 116 Å². The summed E-state index contributed by atoms with van der Waals surface area (Å²) in [6.45, 7) is 2.47. The molecular formula is C29H52N5O6PS. The van der Waals surface area contributed by atoms with Crippen LogP contribution >= 0.6 is 19.4 Å². The molecule has 0 aromatic carbocycles.